The number of rotatable bonds is 4. The number of nitrogens with one attached hydrogen (secondary N) is 1. The minimum atomic E-state index is -4.83. The number of ether oxygens (including phenoxy) is 1. The van der Waals surface area contributed by atoms with E-state index in [-0.39, 0.29) is 22.3 Å². The van der Waals surface area contributed by atoms with Crippen molar-refractivity contribution in [2.24, 2.45) is 7.05 Å². The quantitative estimate of drug-likeness (QED) is 0.365. The summed E-state index contributed by atoms with van der Waals surface area (Å²) in [6, 6.07) is 11.6. The molecule has 1 aromatic heterocycles. The molecule has 31 heavy (non-hydrogen) atoms. The molecule has 0 fully saturated rings. The molecule has 0 aliphatic rings. The number of nitrogens with zero attached hydrogens (tertiary/aromatic N) is 2. The van der Waals surface area contributed by atoms with Gasteiger partial charge in [-0.1, -0.05) is 30.3 Å². The molecule has 0 aliphatic heterocycles. The van der Waals surface area contributed by atoms with Crippen molar-refractivity contribution in [3.05, 3.63) is 60.4 Å². The first-order valence-corrected chi connectivity index (χ1v) is 9.29. The van der Waals surface area contributed by atoms with Crippen molar-refractivity contribution in [1.82, 2.24) is 9.78 Å². The van der Waals surface area contributed by atoms with Crippen molar-refractivity contribution in [2.75, 3.05) is 5.32 Å². The average molecular weight is 461 g/mol. The van der Waals surface area contributed by atoms with Crippen LogP contribution < -0.4 is 10.1 Å². The number of hydrogen-bond acceptors (Lipinski definition) is 4. The number of alkyl halides is 6. The summed E-state index contributed by atoms with van der Waals surface area (Å²) < 4.78 is 82.6. The van der Waals surface area contributed by atoms with Gasteiger partial charge in [-0.25, -0.2) is 4.79 Å². The monoisotopic (exact) mass is 461 g/mol. The number of para-hydroxylation sites is 1. The van der Waals surface area contributed by atoms with Crippen molar-refractivity contribution in [3.8, 4) is 16.9 Å². The lowest BCUT2D eigenvalue weighted by atomic mass is 10.0. The fraction of sp³-hybridized carbons (Fsp3) is 0.158. The van der Waals surface area contributed by atoms with Crippen molar-refractivity contribution in [2.45, 2.75) is 16.6 Å². The fourth-order valence-corrected chi connectivity index (χ4v) is 3.28. The van der Waals surface area contributed by atoms with Gasteiger partial charge < -0.3 is 4.74 Å². The molecule has 164 valence electrons. The second-order valence-corrected chi connectivity index (χ2v) is 7.29. The molecule has 0 unspecified atom stereocenters. The fourth-order valence-electron chi connectivity index (χ4n) is 2.68. The number of carbonyl (C=O) groups excluding carboxylic acids is 1. The molecule has 12 heteroatoms. The first-order chi connectivity index (χ1) is 14.4. The number of aryl methyl sites for hydroxylation is 1. The highest BCUT2D eigenvalue weighted by Gasteiger charge is 2.39. The summed E-state index contributed by atoms with van der Waals surface area (Å²) in [7, 11) is 1.24. The Morgan fingerprint density at radius 3 is 2.45 bits per heavy atom. The van der Waals surface area contributed by atoms with Crippen molar-refractivity contribution >= 4 is 23.5 Å². The predicted molar refractivity (Wildman–Crippen MR) is 102 cm³/mol. The third-order valence-corrected chi connectivity index (χ3v) is 4.53. The highest BCUT2D eigenvalue weighted by atomic mass is 32.2. The highest BCUT2D eigenvalue weighted by molar-refractivity contribution is 8.00. The van der Waals surface area contributed by atoms with E-state index in [1.165, 1.54) is 43.4 Å². The van der Waals surface area contributed by atoms with Gasteiger partial charge in [-0.05, 0) is 35.5 Å². The summed E-state index contributed by atoms with van der Waals surface area (Å²) in [6.45, 7) is 0. The molecular weight excluding hydrogens is 448 g/mol. The number of thioether (sulfide) groups is 1. The van der Waals surface area contributed by atoms with Gasteiger partial charge in [0.15, 0.2) is 5.75 Å². The maximum atomic E-state index is 13.0. The molecule has 0 spiro atoms. The van der Waals surface area contributed by atoms with Crippen LogP contribution >= 0.6 is 11.8 Å². The molecule has 1 amide bonds. The molecule has 0 bridgehead atoms. The zero-order chi connectivity index (χ0) is 22.8. The first kappa shape index (κ1) is 22.5. The Balaban J connectivity index is 1.84. The van der Waals surface area contributed by atoms with E-state index < -0.39 is 29.2 Å². The maximum absolute atomic E-state index is 13.0. The second kappa shape index (κ2) is 8.53. The molecule has 3 rings (SSSR count). The number of benzene rings is 2. The van der Waals surface area contributed by atoms with E-state index in [0.717, 1.165) is 10.9 Å². The van der Waals surface area contributed by atoms with E-state index in [4.69, 9.17) is 4.74 Å². The zero-order valence-corrected chi connectivity index (χ0v) is 16.4. The maximum Gasteiger partial charge on any atom is 0.446 e. The van der Waals surface area contributed by atoms with Crippen molar-refractivity contribution < 1.29 is 35.9 Å². The van der Waals surface area contributed by atoms with E-state index >= 15 is 0 Å². The molecule has 2 aromatic carbocycles. The Hall–Kier alpha value is -3.15. The predicted octanol–water partition coefficient (Wildman–Crippen LogP) is 6.33. The lowest BCUT2D eigenvalue weighted by molar-refractivity contribution is -0.142. The SMILES string of the molecule is Cn1cc(OC(=O)Nc2ccccc2-c2cccc(SC(F)(F)F)c2)c(C(F)(F)F)n1. The molecule has 1 heterocycles. The van der Waals surface area contributed by atoms with Crippen LogP contribution in [0.4, 0.5) is 36.8 Å². The summed E-state index contributed by atoms with van der Waals surface area (Å²) in [5.74, 6) is -0.784. The molecule has 0 saturated heterocycles. The molecule has 0 saturated carbocycles. The molecular formula is C19H13F6N3O2S. The molecule has 3 aromatic rings. The van der Waals surface area contributed by atoms with Gasteiger partial charge in [0.2, 0.25) is 5.69 Å². The first-order valence-electron chi connectivity index (χ1n) is 8.47. The normalized spacial score (nSPS) is 12.0. The number of amides is 1. The molecule has 0 radical (unpaired) electrons. The Bertz CT molecular complexity index is 1090. The molecule has 0 atom stereocenters. The van der Waals surface area contributed by atoms with Crippen LogP contribution in [-0.4, -0.2) is 21.4 Å². The Morgan fingerprint density at radius 2 is 1.77 bits per heavy atom. The Morgan fingerprint density at radius 1 is 1.06 bits per heavy atom. The van der Waals surface area contributed by atoms with E-state index in [0.29, 0.717) is 11.1 Å². The number of anilines is 1. The topological polar surface area (TPSA) is 56.1 Å². The van der Waals surface area contributed by atoms with Crippen LogP contribution in [0.3, 0.4) is 0 Å². The van der Waals surface area contributed by atoms with Gasteiger partial charge in [-0.2, -0.15) is 31.4 Å². The van der Waals surface area contributed by atoms with E-state index in [2.05, 4.69) is 10.4 Å². The summed E-state index contributed by atoms with van der Waals surface area (Å²) in [4.78, 5) is 12.2. The van der Waals surface area contributed by atoms with E-state index in [1.807, 2.05) is 0 Å². The smallest absolute Gasteiger partial charge is 0.406 e. The van der Waals surface area contributed by atoms with Crippen LogP contribution in [0.5, 0.6) is 5.75 Å². The van der Waals surface area contributed by atoms with Crippen LogP contribution in [0.2, 0.25) is 0 Å². The molecule has 1 N–H and O–H groups in total. The summed E-state index contributed by atoms with van der Waals surface area (Å²) in [5, 5.41) is 5.56. The molecule has 5 nitrogen and oxygen atoms in total. The van der Waals surface area contributed by atoms with Crippen LogP contribution in [0.15, 0.2) is 59.6 Å². The summed E-state index contributed by atoms with van der Waals surface area (Å²) in [6.07, 6.45) is -5.15. The molecule has 0 aliphatic carbocycles. The second-order valence-electron chi connectivity index (χ2n) is 6.15. The van der Waals surface area contributed by atoms with Crippen molar-refractivity contribution in [1.29, 1.82) is 0 Å². The number of halogens is 6. The summed E-state index contributed by atoms with van der Waals surface area (Å²) in [5.41, 5.74) is -4.98. The minimum Gasteiger partial charge on any atom is -0.406 e. The van der Waals surface area contributed by atoms with Gasteiger partial charge in [0.1, 0.15) is 0 Å². The summed E-state index contributed by atoms with van der Waals surface area (Å²) >= 11 is -0.291. The third kappa shape index (κ3) is 5.94. The van der Waals surface area contributed by atoms with Crippen LogP contribution in [-0.2, 0) is 13.2 Å². The van der Waals surface area contributed by atoms with Crippen LogP contribution in [0, 0.1) is 0 Å². The Kier molecular flexibility index (Phi) is 6.20. The third-order valence-electron chi connectivity index (χ3n) is 3.81. The average Bonchev–Trinajstić information content (AvgIpc) is 3.01. The minimum absolute atomic E-state index is 0.0624. The van der Waals surface area contributed by atoms with E-state index in [9.17, 15) is 31.1 Å². The van der Waals surface area contributed by atoms with Crippen molar-refractivity contribution in [3.63, 3.8) is 0 Å². The lowest BCUT2D eigenvalue weighted by Gasteiger charge is -2.13. The number of aromatic nitrogens is 2. The number of carbonyl (C=O) groups is 1. The van der Waals surface area contributed by atoms with Crippen LogP contribution in [0.1, 0.15) is 5.69 Å². The van der Waals surface area contributed by atoms with Crippen LogP contribution in [0.25, 0.3) is 11.1 Å². The standard InChI is InChI=1S/C19H13F6N3O2S/c1-28-10-15(16(27-28)18(20,21)22)30-17(29)26-14-8-3-2-7-13(14)11-5-4-6-12(9-11)31-19(23,24)25/h2-10H,1H3,(H,26,29). The van der Waals surface area contributed by atoms with E-state index in [1.54, 1.807) is 12.1 Å². The zero-order valence-electron chi connectivity index (χ0n) is 15.6. The van der Waals surface area contributed by atoms with Gasteiger partial charge in [0.25, 0.3) is 0 Å². The van der Waals surface area contributed by atoms with Gasteiger partial charge >= 0.3 is 17.8 Å². The van der Waals surface area contributed by atoms with Gasteiger partial charge in [-0.3, -0.25) is 10.00 Å². The Labute approximate surface area is 176 Å². The number of hydrogen-bond donors (Lipinski definition) is 1. The van der Waals surface area contributed by atoms with Gasteiger partial charge in [0, 0.05) is 17.5 Å². The van der Waals surface area contributed by atoms with Gasteiger partial charge in [-0.15, -0.1) is 0 Å². The van der Waals surface area contributed by atoms with Gasteiger partial charge in [0.05, 0.1) is 11.9 Å². The lowest BCUT2D eigenvalue weighted by Crippen LogP contribution is -2.19. The largest absolute Gasteiger partial charge is 0.446 e. The highest BCUT2D eigenvalue weighted by Crippen LogP contribution is 2.39.